The highest BCUT2D eigenvalue weighted by Crippen LogP contribution is 2.28. The van der Waals surface area contributed by atoms with E-state index < -0.39 is 0 Å². The van der Waals surface area contributed by atoms with Crippen LogP contribution in [0.2, 0.25) is 0 Å². The lowest BCUT2D eigenvalue weighted by Gasteiger charge is -2.28. The summed E-state index contributed by atoms with van der Waals surface area (Å²) in [6.45, 7) is 4.57. The van der Waals surface area contributed by atoms with Crippen LogP contribution in [0.5, 0.6) is 5.88 Å². The number of nitrogens with one attached hydrogen (secondary N) is 1. The number of rotatable bonds is 5. The Bertz CT molecular complexity index is 414. The molecule has 0 aliphatic heterocycles. The second kappa shape index (κ2) is 6.98. The van der Waals surface area contributed by atoms with Crippen LogP contribution >= 0.6 is 11.8 Å². The number of ether oxygens (including phenoxy) is 1. The van der Waals surface area contributed by atoms with Crippen molar-refractivity contribution in [2.24, 2.45) is 0 Å². The summed E-state index contributed by atoms with van der Waals surface area (Å²) < 4.78 is 5.46. The lowest BCUT2D eigenvalue weighted by Crippen LogP contribution is -2.29. The molecular formula is C14H23N3OS. The van der Waals surface area contributed by atoms with Crippen molar-refractivity contribution in [2.75, 3.05) is 18.2 Å². The molecule has 0 bridgehead atoms. The summed E-state index contributed by atoms with van der Waals surface area (Å²) in [6, 6.07) is 2.36. The average Bonchev–Trinajstić information content (AvgIpc) is 2.38. The van der Waals surface area contributed by atoms with Crippen LogP contribution in [0.1, 0.15) is 38.3 Å². The summed E-state index contributed by atoms with van der Waals surface area (Å²) in [6.07, 6.45) is 7.22. The summed E-state index contributed by atoms with van der Waals surface area (Å²) in [5.41, 5.74) is 0.943. The molecule has 2 rings (SSSR count). The quantitative estimate of drug-likeness (QED) is 0.897. The van der Waals surface area contributed by atoms with Gasteiger partial charge in [-0.2, -0.15) is 16.7 Å². The van der Waals surface area contributed by atoms with Gasteiger partial charge in [0.25, 0.3) is 0 Å². The van der Waals surface area contributed by atoms with Crippen molar-refractivity contribution in [1.82, 2.24) is 9.97 Å². The first-order valence-corrected chi connectivity index (χ1v) is 8.28. The lowest BCUT2D eigenvalue weighted by molar-refractivity contribution is 0.326. The molecule has 1 aliphatic carbocycles. The Morgan fingerprint density at radius 2 is 2.26 bits per heavy atom. The number of hydrogen-bond donors (Lipinski definition) is 1. The van der Waals surface area contributed by atoms with Gasteiger partial charge in [0.05, 0.1) is 6.61 Å². The lowest BCUT2D eigenvalue weighted by atomic mass is 9.95. The molecule has 1 fully saturated rings. The van der Waals surface area contributed by atoms with Crippen molar-refractivity contribution in [3.63, 3.8) is 0 Å². The predicted molar refractivity (Wildman–Crippen MR) is 81.1 cm³/mol. The second-order valence-corrected chi connectivity index (χ2v) is 6.11. The van der Waals surface area contributed by atoms with Crippen molar-refractivity contribution in [3.8, 4) is 5.88 Å². The van der Waals surface area contributed by atoms with Crippen LogP contribution in [0, 0.1) is 6.92 Å². The number of hydrogen-bond acceptors (Lipinski definition) is 5. The van der Waals surface area contributed by atoms with E-state index >= 15 is 0 Å². The average molecular weight is 281 g/mol. The normalized spacial score (nSPS) is 23.1. The zero-order valence-corrected chi connectivity index (χ0v) is 12.8. The molecule has 4 nitrogen and oxygen atoms in total. The van der Waals surface area contributed by atoms with Gasteiger partial charge < -0.3 is 10.1 Å². The second-order valence-electron chi connectivity index (χ2n) is 4.97. The molecule has 2 atom stereocenters. The fourth-order valence-corrected chi connectivity index (χ4v) is 3.33. The molecule has 1 aromatic rings. The zero-order chi connectivity index (χ0) is 13.7. The molecule has 1 saturated carbocycles. The van der Waals surface area contributed by atoms with Gasteiger partial charge in [0.15, 0.2) is 0 Å². The topological polar surface area (TPSA) is 47.0 Å². The number of anilines is 1. The first-order valence-electron chi connectivity index (χ1n) is 6.99. The largest absolute Gasteiger partial charge is 0.478 e. The molecule has 0 aromatic carbocycles. The Kier molecular flexibility index (Phi) is 5.31. The highest BCUT2D eigenvalue weighted by molar-refractivity contribution is 7.99. The van der Waals surface area contributed by atoms with Crippen LogP contribution in [-0.2, 0) is 0 Å². The number of nitrogens with zero attached hydrogens (tertiary/aromatic N) is 2. The third-order valence-electron chi connectivity index (χ3n) is 3.42. The minimum Gasteiger partial charge on any atom is -0.478 e. The molecule has 1 N–H and O–H groups in total. The third-order valence-corrected chi connectivity index (χ3v) is 4.51. The zero-order valence-electron chi connectivity index (χ0n) is 12.0. The monoisotopic (exact) mass is 281 g/mol. The maximum Gasteiger partial charge on any atom is 0.226 e. The molecule has 2 unspecified atom stereocenters. The molecule has 0 spiro atoms. The predicted octanol–water partition coefficient (Wildman–Crippen LogP) is 3.27. The highest BCUT2D eigenvalue weighted by Gasteiger charge is 2.21. The van der Waals surface area contributed by atoms with Crippen LogP contribution in [0.4, 0.5) is 5.95 Å². The van der Waals surface area contributed by atoms with Crippen LogP contribution in [0.15, 0.2) is 6.07 Å². The molecule has 1 aliphatic rings. The fourth-order valence-electron chi connectivity index (χ4n) is 2.50. The summed E-state index contributed by atoms with van der Waals surface area (Å²) in [5, 5.41) is 4.24. The van der Waals surface area contributed by atoms with Crippen molar-refractivity contribution < 1.29 is 4.74 Å². The molecule has 5 heteroatoms. The Hall–Kier alpha value is -0.970. The minimum absolute atomic E-state index is 0.488. The maximum atomic E-state index is 5.46. The molecule has 0 radical (unpaired) electrons. The Balaban J connectivity index is 2.01. The third kappa shape index (κ3) is 4.27. The van der Waals surface area contributed by atoms with Crippen LogP contribution in [0.3, 0.4) is 0 Å². The smallest absolute Gasteiger partial charge is 0.226 e. The minimum atomic E-state index is 0.488. The van der Waals surface area contributed by atoms with Gasteiger partial charge >= 0.3 is 0 Å². The van der Waals surface area contributed by atoms with Gasteiger partial charge in [-0.3, -0.25) is 0 Å². The van der Waals surface area contributed by atoms with E-state index in [1.165, 1.54) is 25.7 Å². The molecule has 0 saturated heterocycles. The first-order chi connectivity index (χ1) is 9.21. The van der Waals surface area contributed by atoms with E-state index in [-0.39, 0.29) is 0 Å². The van der Waals surface area contributed by atoms with E-state index in [4.69, 9.17) is 4.74 Å². The number of aromatic nitrogens is 2. The molecule has 1 heterocycles. The SMILES string of the molecule is CCOc1cc(C)nc(NC2CCCC(SC)C2)n1. The van der Waals surface area contributed by atoms with Gasteiger partial charge in [0.1, 0.15) is 0 Å². The van der Waals surface area contributed by atoms with E-state index in [1.54, 1.807) is 0 Å². The van der Waals surface area contributed by atoms with Gasteiger partial charge in [-0.25, -0.2) is 4.98 Å². The summed E-state index contributed by atoms with van der Waals surface area (Å²) >= 11 is 1.97. The molecule has 106 valence electrons. The number of aryl methyl sites for hydroxylation is 1. The van der Waals surface area contributed by atoms with Crippen molar-refractivity contribution in [2.45, 2.75) is 50.8 Å². The highest BCUT2D eigenvalue weighted by atomic mass is 32.2. The summed E-state index contributed by atoms with van der Waals surface area (Å²) in [5.74, 6) is 1.37. The van der Waals surface area contributed by atoms with Crippen molar-refractivity contribution in [3.05, 3.63) is 11.8 Å². The van der Waals surface area contributed by atoms with Crippen LogP contribution in [-0.4, -0.2) is 34.1 Å². The maximum absolute atomic E-state index is 5.46. The Morgan fingerprint density at radius 3 is 3.00 bits per heavy atom. The Morgan fingerprint density at radius 1 is 1.42 bits per heavy atom. The molecule has 0 amide bonds. The van der Waals surface area contributed by atoms with E-state index in [0.717, 1.165) is 10.9 Å². The summed E-state index contributed by atoms with van der Waals surface area (Å²) in [4.78, 5) is 8.87. The Labute approximate surface area is 119 Å². The molecule has 19 heavy (non-hydrogen) atoms. The van der Waals surface area contributed by atoms with Gasteiger partial charge in [0, 0.05) is 23.1 Å². The van der Waals surface area contributed by atoms with Crippen LogP contribution in [0.25, 0.3) is 0 Å². The van der Waals surface area contributed by atoms with E-state index in [0.29, 0.717) is 24.5 Å². The molecule has 1 aromatic heterocycles. The van der Waals surface area contributed by atoms with Gasteiger partial charge in [0.2, 0.25) is 11.8 Å². The van der Waals surface area contributed by atoms with E-state index in [2.05, 4.69) is 21.5 Å². The van der Waals surface area contributed by atoms with Crippen molar-refractivity contribution >= 4 is 17.7 Å². The fraction of sp³-hybridized carbons (Fsp3) is 0.714. The summed E-state index contributed by atoms with van der Waals surface area (Å²) in [7, 11) is 0. The number of thioether (sulfide) groups is 1. The van der Waals surface area contributed by atoms with E-state index in [9.17, 15) is 0 Å². The molecular weight excluding hydrogens is 258 g/mol. The van der Waals surface area contributed by atoms with E-state index in [1.807, 2.05) is 31.7 Å². The van der Waals surface area contributed by atoms with Gasteiger partial charge in [-0.1, -0.05) is 6.42 Å². The van der Waals surface area contributed by atoms with Gasteiger partial charge in [-0.05, 0) is 39.4 Å². The van der Waals surface area contributed by atoms with Crippen LogP contribution < -0.4 is 10.1 Å². The van der Waals surface area contributed by atoms with Crippen molar-refractivity contribution in [1.29, 1.82) is 0 Å². The first kappa shape index (κ1) is 14.4. The van der Waals surface area contributed by atoms with Gasteiger partial charge in [-0.15, -0.1) is 0 Å². The standard InChI is InChI=1S/C14H23N3OS/c1-4-18-13-8-10(2)15-14(17-13)16-11-6-5-7-12(9-11)19-3/h8,11-12H,4-7,9H2,1-3H3,(H,15,16,17).